The fraction of sp³-hybridized carbons (Fsp3) is 0.320. The topological polar surface area (TPSA) is 50.4 Å². The lowest BCUT2D eigenvalue weighted by molar-refractivity contribution is 0.389. The highest BCUT2D eigenvalue weighted by Crippen LogP contribution is 2.38. The molecule has 0 saturated heterocycles. The molecule has 0 aliphatic carbocycles. The molecule has 0 saturated carbocycles. The highest BCUT2D eigenvalue weighted by atomic mass is 32.2. The number of benzene rings is 2. The SMILES string of the molecule is CCc1ccccc1C(CC)c1cc(O)c(Sc2ccccc2C(C)C)c(=O)o1. The summed E-state index contributed by atoms with van der Waals surface area (Å²) in [6.45, 7) is 8.41. The molecular weight excluding hydrogens is 380 g/mol. The standard InChI is InChI=1S/C25H28O3S/c1-5-17-11-7-8-13-20(17)18(6-2)22-15-21(26)24(25(27)28-22)29-23-14-10-9-12-19(23)16(3)4/h7-16,18,26H,5-6H2,1-4H3. The van der Waals surface area contributed by atoms with E-state index in [0.29, 0.717) is 11.7 Å². The van der Waals surface area contributed by atoms with E-state index in [1.165, 1.54) is 17.3 Å². The minimum atomic E-state index is -0.490. The van der Waals surface area contributed by atoms with Gasteiger partial charge in [-0.2, -0.15) is 0 Å². The highest BCUT2D eigenvalue weighted by Gasteiger charge is 2.22. The average Bonchev–Trinajstić information content (AvgIpc) is 2.72. The number of hydrogen-bond donors (Lipinski definition) is 1. The van der Waals surface area contributed by atoms with Gasteiger partial charge in [-0.05, 0) is 41.5 Å². The van der Waals surface area contributed by atoms with Crippen molar-refractivity contribution in [3.8, 4) is 5.75 Å². The second-order valence-corrected chi connectivity index (χ2v) is 8.51. The summed E-state index contributed by atoms with van der Waals surface area (Å²) in [4.78, 5) is 14.0. The average molecular weight is 409 g/mol. The quantitative estimate of drug-likeness (QED) is 0.471. The van der Waals surface area contributed by atoms with Gasteiger partial charge in [-0.3, -0.25) is 0 Å². The van der Waals surface area contributed by atoms with E-state index in [2.05, 4.69) is 45.9 Å². The first-order valence-electron chi connectivity index (χ1n) is 10.2. The normalized spacial score (nSPS) is 12.3. The number of hydrogen-bond acceptors (Lipinski definition) is 4. The lowest BCUT2D eigenvalue weighted by atomic mass is 9.89. The molecular formula is C25H28O3S. The van der Waals surface area contributed by atoms with Crippen molar-refractivity contribution in [2.45, 2.75) is 62.2 Å². The second kappa shape index (κ2) is 9.36. The summed E-state index contributed by atoms with van der Waals surface area (Å²) in [5, 5.41) is 10.7. The zero-order chi connectivity index (χ0) is 21.0. The summed E-state index contributed by atoms with van der Waals surface area (Å²) in [5.74, 6) is 0.749. The molecule has 1 aromatic heterocycles. The van der Waals surface area contributed by atoms with Crippen molar-refractivity contribution >= 4 is 11.8 Å². The maximum Gasteiger partial charge on any atom is 0.353 e. The molecule has 0 aliphatic rings. The summed E-state index contributed by atoms with van der Waals surface area (Å²) >= 11 is 1.27. The van der Waals surface area contributed by atoms with Crippen LogP contribution in [0.5, 0.6) is 5.75 Å². The van der Waals surface area contributed by atoms with E-state index in [9.17, 15) is 9.90 Å². The van der Waals surface area contributed by atoms with Gasteiger partial charge in [0.15, 0.2) is 0 Å². The summed E-state index contributed by atoms with van der Waals surface area (Å²) in [7, 11) is 0. The molecule has 0 bridgehead atoms. The van der Waals surface area contributed by atoms with Crippen molar-refractivity contribution in [2.24, 2.45) is 0 Å². The Bertz CT molecular complexity index is 1040. The van der Waals surface area contributed by atoms with Crippen LogP contribution in [0.3, 0.4) is 0 Å². The molecule has 3 nitrogen and oxygen atoms in total. The molecule has 0 spiro atoms. The van der Waals surface area contributed by atoms with Crippen LogP contribution in [0.2, 0.25) is 0 Å². The number of aromatic hydroxyl groups is 1. The Kier molecular flexibility index (Phi) is 6.86. The fourth-order valence-corrected chi connectivity index (χ4v) is 4.76. The van der Waals surface area contributed by atoms with Crippen LogP contribution in [-0.2, 0) is 6.42 Å². The van der Waals surface area contributed by atoms with Gasteiger partial charge in [0.2, 0.25) is 0 Å². The van der Waals surface area contributed by atoms with Crippen LogP contribution in [0.4, 0.5) is 0 Å². The molecule has 1 atom stereocenters. The summed E-state index contributed by atoms with van der Waals surface area (Å²) < 4.78 is 5.73. The van der Waals surface area contributed by atoms with Gasteiger partial charge in [-0.15, -0.1) is 0 Å². The van der Waals surface area contributed by atoms with E-state index in [0.717, 1.165) is 28.9 Å². The molecule has 29 heavy (non-hydrogen) atoms. The van der Waals surface area contributed by atoms with Gasteiger partial charge in [0, 0.05) is 16.9 Å². The molecule has 152 valence electrons. The van der Waals surface area contributed by atoms with Crippen molar-refractivity contribution in [3.63, 3.8) is 0 Å². The van der Waals surface area contributed by atoms with E-state index in [-0.39, 0.29) is 16.6 Å². The molecule has 1 heterocycles. The van der Waals surface area contributed by atoms with E-state index < -0.39 is 5.63 Å². The van der Waals surface area contributed by atoms with Gasteiger partial charge in [-0.25, -0.2) is 4.79 Å². The molecule has 0 amide bonds. The fourth-order valence-electron chi connectivity index (χ4n) is 3.68. The van der Waals surface area contributed by atoms with Gasteiger partial charge >= 0.3 is 5.63 Å². The van der Waals surface area contributed by atoms with Crippen LogP contribution in [0, 0.1) is 0 Å². The van der Waals surface area contributed by atoms with Gasteiger partial charge < -0.3 is 9.52 Å². The lowest BCUT2D eigenvalue weighted by Gasteiger charge is -2.18. The lowest BCUT2D eigenvalue weighted by Crippen LogP contribution is -2.10. The number of aryl methyl sites for hydroxylation is 1. The van der Waals surface area contributed by atoms with Crippen LogP contribution < -0.4 is 5.63 Å². The van der Waals surface area contributed by atoms with Crippen LogP contribution >= 0.6 is 11.8 Å². The largest absolute Gasteiger partial charge is 0.506 e. The maximum absolute atomic E-state index is 12.8. The molecule has 1 N–H and O–H groups in total. The van der Waals surface area contributed by atoms with Crippen molar-refractivity contribution in [3.05, 3.63) is 87.5 Å². The first-order chi connectivity index (χ1) is 14.0. The van der Waals surface area contributed by atoms with Crippen molar-refractivity contribution < 1.29 is 9.52 Å². The van der Waals surface area contributed by atoms with Crippen molar-refractivity contribution in [1.29, 1.82) is 0 Å². The van der Waals surface area contributed by atoms with Crippen LogP contribution in [-0.4, -0.2) is 5.11 Å². The van der Waals surface area contributed by atoms with E-state index in [4.69, 9.17) is 4.42 Å². The summed E-state index contributed by atoms with van der Waals surface area (Å²) in [6.07, 6.45) is 1.69. The predicted octanol–water partition coefficient (Wildman–Crippen LogP) is 6.72. The third-order valence-corrected chi connectivity index (χ3v) is 6.40. The molecule has 4 heteroatoms. The summed E-state index contributed by atoms with van der Waals surface area (Å²) in [6, 6.07) is 17.8. The monoisotopic (exact) mass is 408 g/mol. The molecule has 0 radical (unpaired) electrons. The van der Waals surface area contributed by atoms with E-state index in [1.807, 2.05) is 30.3 Å². The zero-order valence-electron chi connectivity index (χ0n) is 17.4. The van der Waals surface area contributed by atoms with Gasteiger partial charge in [0.25, 0.3) is 0 Å². The van der Waals surface area contributed by atoms with Crippen LogP contribution in [0.15, 0.2) is 73.6 Å². The van der Waals surface area contributed by atoms with Crippen LogP contribution in [0.1, 0.15) is 68.4 Å². The maximum atomic E-state index is 12.8. The Hall–Kier alpha value is -2.46. The Morgan fingerprint density at radius 2 is 1.66 bits per heavy atom. The molecule has 3 rings (SSSR count). The second-order valence-electron chi connectivity index (χ2n) is 7.46. The highest BCUT2D eigenvalue weighted by molar-refractivity contribution is 7.99. The van der Waals surface area contributed by atoms with Gasteiger partial charge in [0.1, 0.15) is 16.4 Å². The molecule has 2 aromatic carbocycles. The van der Waals surface area contributed by atoms with Gasteiger partial charge in [0.05, 0.1) is 0 Å². The third-order valence-electron chi connectivity index (χ3n) is 5.22. The Balaban J connectivity index is 2.01. The van der Waals surface area contributed by atoms with Crippen molar-refractivity contribution in [1.82, 2.24) is 0 Å². The summed E-state index contributed by atoms with van der Waals surface area (Å²) in [5.41, 5.74) is 3.02. The molecule has 0 fully saturated rings. The number of rotatable bonds is 7. The first-order valence-corrected chi connectivity index (χ1v) is 11.0. The minimum absolute atomic E-state index is 0.0211. The molecule has 1 unspecified atom stereocenters. The third kappa shape index (κ3) is 4.59. The predicted molar refractivity (Wildman–Crippen MR) is 119 cm³/mol. The first kappa shape index (κ1) is 21.3. The van der Waals surface area contributed by atoms with E-state index in [1.54, 1.807) is 6.07 Å². The van der Waals surface area contributed by atoms with E-state index >= 15 is 0 Å². The Labute approximate surface area is 176 Å². The minimum Gasteiger partial charge on any atom is -0.506 e. The zero-order valence-corrected chi connectivity index (χ0v) is 18.3. The van der Waals surface area contributed by atoms with Crippen LogP contribution in [0.25, 0.3) is 0 Å². The molecule has 0 aliphatic heterocycles. The smallest absolute Gasteiger partial charge is 0.353 e. The van der Waals surface area contributed by atoms with Crippen molar-refractivity contribution in [2.75, 3.05) is 0 Å². The van der Waals surface area contributed by atoms with Gasteiger partial charge in [-0.1, -0.05) is 81.9 Å². The Morgan fingerprint density at radius 1 is 1.00 bits per heavy atom. The molecule has 3 aromatic rings. The Morgan fingerprint density at radius 3 is 2.28 bits per heavy atom.